The molecule has 6 heteroatoms. The number of aromatic nitrogens is 2. The monoisotopic (exact) mass is 293 g/mol. The molecule has 0 bridgehead atoms. The normalized spacial score (nSPS) is 12.3. The number of hydrogen-bond acceptors (Lipinski definition) is 6. The predicted octanol–water partition coefficient (Wildman–Crippen LogP) is 2.42. The van der Waals surface area contributed by atoms with Crippen LogP contribution in [0.4, 0.5) is 0 Å². The molecule has 0 saturated heterocycles. The maximum absolute atomic E-state index is 6.01. The lowest BCUT2D eigenvalue weighted by molar-refractivity contribution is 0.349. The summed E-state index contributed by atoms with van der Waals surface area (Å²) >= 11 is 1.75. The molecule has 20 heavy (non-hydrogen) atoms. The van der Waals surface area contributed by atoms with Crippen LogP contribution >= 0.6 is 11.8 Å². The van der Waals surface area contributed by atoms with Crippen molar-refractivity contribution in [3.8, 4) is 5.75 Å². The van der Waals surface area contributed by atoms with Crippen LogP contribution in [0.5, 0.6) is 5.75 Å². The molecule has 0 aliphatic rings. The summed E-state index contributed by atoms with van der Waals surface area (Å²) in [4.78, 5) is 4.37. The van der Waals surface area contributed by atoms with Crippen molar-refractivity contribution >= 4 is 11.8 Å². The van der Waals surface area contributed by atoms with Crippen LogP contribution in [-0.2, 0) is 6.42 Å². The van der Waals surface area contributed by atoms with Crippen molar-refractivity contribution in [1.82, 2.24) is 10.1 Å². The molecule has 0 fully saturated rings. The molecule has 0 aliphatic heterocycles. The summed E-state index contributed by atoms with van der Waals surface area (Å²) in [6.07, 6.45) is 3.45. The first-order valence-electron chi connectivity index (χ1n) is 6.43. The van der Waals surface area contributed by atoms with Crippen LogP contribution in [0.1, 0.15) is 29.7 Å². The molecular formula is C14H19N3O2S. The highest BCUT2D eigenvalue weighted by Crippen LogP contribution is 2.21. The lowest BCUT2D eigenvalue weighted by Crippen LogP contribution is -2.11. The number of methoxy groups -OCH3 is 1. The van der Waals surface area contributed by atoms with E-state index in [1.54, 1.807) is 18.9 Å². The lowest BCUT2D eigenvalue weighted by atomic mass is 10.1. The standard InChI is InChI=1S/C14H19N3O2S/c1-18-12-6-4-3-5-10(12)9-13-16-14(19-17-13)11(15)7-8-20-2/h3-6,11H,7-9,15H2,1-2H3/t11-/m0/s1. The topological polar surface area (TPSA) is 74.2 Å². The number of benzene rings is 1. The van der Waals surface area contributed by atoms with Gasteiger partial charge in [0.1, 0.15) is 5.75 Å². The van der Waals surface area contributed by atoms with Crippen molar-refractivity contribution in [2.24, 2.45) is 5.73 Å². The molecule has 1 atom stereocenters. The summed E-state index contributed by atoms with van der Waals surface area (Å²) in [5, 5.41) is 3.99. The van der Waals surface area contributed by atoms with E-state index in [0.29, 0.717) is 18.1 Å². The molecule has 0 saturated carbocycles. The second kappa shape index (κ2) is 7.31. The van der Waals surface area contributed by atoms with Crippen LogP contribution < -0.4 is 10.5 Å². The summed E-state index contributed by atoms with van der Waals surface area (Å²) in [7, 11) is 1.65. The molecule has 0 amide bonds. The molecule has 2 aromatic rings. The average Bonchev–Trinajstić information content (AvgIpc) is 2.94. The van der Waals surface area contributed by atoms with Gasteiger partial charge in [-0.25, -0.2) is 0 Å². The molecule has 1 heterocycles. The lowest BCUT2D eigenvalue weighted by Gasteiger charge is -2.05. The Kier molecular flexibility index (Phi) is 5.43. The maximum atomic E-state index is 6.01. The number of nitrogens with zero attached hydrogens (tertiary/aromatic N) is 2. The van der Waals surface area contributed by atoms with Crippen molar-refractivity contribution in [1.29, 1.82) is 0 Å². The molecule has 2 N–H and O–H groups in total. The number of nitrogens with two attached hydrogens (primary N) is 1. The highest BCUT2D eigenvalue weighted by Gasteiger charge is 2.15. The Labute approximate surface area is 122 Å². The van der Waals surface area contributed by atoms with E-state index < -0.39 is 0 Å². The molecular weight excluding hydrogens is 274 g/mol. The van der Waals surface area contributed by atoms with Gasteiger partial charge in [0.15, 0.2) is 5.82 Å². The molecule has 2 rings (SSSR count). The van der Waals surface area contributed by atoms with Gasteiger partial charge in [0, 0.05) is 12.0 Å². The first-order valence-corrected chi connectivity index (χ1v) is 7.83. The molecule has 1 aromatic carbocycles. The number of ether oxygens (including phenoxy) is 1. The Morgan fingerprint density at radius 3 is 2.95 bits per heavy atom. The van der Waals surface area contributed by atoms with Crippen molar-refractivity contribution in [3.05, 3.63) is 41.5 Å². The quantitative estimate of drug-likeness (QED) is 0.845. The molecule has 5 nitrogen and oxygen atoms in total. The van der Waals surface area contributed by atoms with Crippen LogP contribution in [0.25, 0.3) is 0 Å². The highest BCUT2D eigenvalue weighted by molar-refractivity contribution is 7.98. The van der Waals surface area contributed by atoms with E-state index in [9.17, 15) is 0 Å². The van der Waals surface area contributed by atoms with Gasteiger partial charge in [-0.2, -0.15) is 16.7 Å². The van der Waals surface area contributed by atoms with E-state index in [4.69, 9.17) is 15.0 Å². The summed E-state index contributed by atoms with van der Waals surface area (Å²) in [6.45, 7) is 0. The Balaban J connectivity index is 2.05. The minimum Gasteiger partial charge on any atom is -0.496 e. The fraction of sp³-hybridized carbons (Fsp3) is 0.429. The Morgan fingerprint density at radius 1 is 1.40 bits per heavy atom. The fourth-order valence-electron chi connectivity index (χ4n) is 1.88. The first kappa shape index (κ1) is 14.9. The molecule has 1 aromatic heterocycles. The molecule has 0 radical (unpaired) electrons. The van der Waals surface area contributed by atoms with Crippen LogP contribution in [0.2, 0.25) is 0 Å². The smallest absolute Gasteiger partial charge is 0.243 e. The molecule has 108 valence electrons. The van der Waals surface area contributed by atoms with Gasteiger partial charge in [-0.1, -0.05) is 23.4 Å². The van der Waals surface area contributed by atoms with E-state index in [2.05, 4.69) is 10.1 Å². The number of hydrogen-bond donors (Lipinski definition) is 1. The van der Waals surface area contributed by atoms with Gasteiger partial charge in [0.25, 0.3) is 0 Å². The summed E-state index contributed by atoms with van der Waals surface area (Å²) in [6, 6.07) is 7.61. The minimum absolute atomic E-state index is 0.193. The molecule has 0 spiro atoms. The van der Waals surface area contributed by atoms with Gasteiger partial charge in [0.2, 0.25) is 5.89 Å². The predicted molar refractivity (Wildman–Crippen MR) is 80.0 cm³/mol. The summed E-state index contributed by atoms with van der Waals surface area (Å²) in [5.41, 5.74) is 7.04. The SMILES string of the molecule is COc1ccccc1Cc1noc([C@@H](N)CCSC)n1. The van der Waals surface area contributed by atoms with E-state index in [1.807, 2.05) is 30.5 Å². The number of thioether (sulfide) groups is 1. The second-order valence-electron chi connectivity index (χ2n) is 4.43. The third-order valence-electron chi connectivity index (χ3n) is 2.98. The van der Waals surface area contributed by atoms with E-state index in [1.165, 1.54) is 0 Å². The van der Waals surface area contributed by atoms with Gasteiger partial charge >= 0.3 is 0 Å². The third kappa shape index (κ3) is 3.74. The van der Waals surface area contributed by atoms with E-state index in [-0.39, 0.29) is 6.04 Å². The van der Waals surface area contributed by atoms with E-state index in [0.717, 1.165) is 23.5 Å². The van der Waals surface area contributed by atoms with Crippen molar-refractivity contribution < 1.29 is 9.26 Å². The average molecular weight is 293 g/mol. The third-order valence-corrected chi connectivity index (χ3v) is 3.62. The van der Waals surface area contributed by atoms with Gasteiger partial charge < -0.3 is 15.0 Å². The first-order chi connectivity index (χ1) is 9.74. The van der Waals surface area contributed by atoms with Gasteiger partial charge in [0.05, 0.1) is 13.2 Å². The summed E-state index contributed by atoms with van der Waals surface area (Å²) < 4.78 is 10.5. The molecule has 0 aliphatic carbocycles. The number of rotatable bonds is 7. The number of para-hydroxylation sites is 1. The zero-order valence-corrected chi connectivity index (χ0v) is 12.5. The van der Waals surface area contributed by atoms with E-state index >= 15 is 0 Å². The Morgan fingerprint density at radius 2 is 2.20 bits per heavy atom. The largest absolute Gasteiger partial charge is 0.496 e. The fourth-order valence-corrected chi connectivity index (χ4v) is 2.37. The zero-order valence-electron chi connectivity index (χ0n) is 11.7. The van der Waals surface area contributed by atoms with Gasteiger partial charge in [-0.05, 0) is 24.5 Å². The van der Waals surface area contributed by atoms with Gasteiger partial charge in [-0.15, -0.1) is 0 Å². The van der Waals surface area contributed by atoms with Crippen molar-refractivity contribution in [3.63, 3.8) is 0 Å². The van der Waals surface area contributed by atoms with Crippen LogP contribution in [-0.4, -0.2) is 29.3 Å². The van der Waals surface area contributed by atoms with Crippen LogP contribution in [0.3, 0.4) is 0 Å². The van der Waals surface area contributed by atoms with Gasteiger partial charge in [-0.3, -0.25) is 0 Å². The molecule has 0 unspecified atom stereocenters. The van der Waals surface area contributed by atoms with Crippen molar-refractivity contribution in [2.75, 3.05) is 19.1 Å². The second-order valence-corrected chi connectivity index (χ2v) is 5.41. The van der Waals surface area contributed by atoms with Crippen LogP contribution in [0.15, 0.2) is 28.8 Å². The summed E-state index contributed by atoms with van der Waals surface area (Å²) in [5.74, 6) is 2.93. The zero-order chi connectivity index (χ0) is 14.4. The van der Waals surface area contributed by atoms with Crippen LogP contribution in [0, 0.1) is 0 Å². The Bertz CT molecular complexity index is 545. The van der Waals surface area contributed by atoms with Crippen molar-refractivity contribution in [2.45, 2.75) is 18.9 Å². The maximum Gasteiger partial charge on any atom is 0.243 e. The Hall–Kier alpha value is -1.53. The highest BCUT2D eigenvalue weighted by atomic mass is 32.2. The minimum atomic E-state index is -0.193.